The van der Waals surface area contributed by atoms with Crippen molar-refractivity contribution in [3.05, 3.63) is 64.4 Å². The Morgan fingerprint density at radius 2 is 1.80 bits per heavy atom. The highest BCUT2D eigenvalue weighted by molar-refractivity contribution is 9.10. The number of benzene rings is 2. The van der Waals surface area contributed by atoms with E-state index in [1.165, 1.54) is 6.07 Å². The highest BCUT2D eigenvalue weighted by Crippen LogP contribution is 2.17. The van der Waals surface area contributed by atoms with Gasteiger partial charge in [0, 0.05) is 4.47 Å². The zero-order valence-electron chi connectivity index (χ0n) is 10.9. The zero-order chi connectivity index (χ0) is 14.5. The number of rotatable bonds is 3. The first-order chi connectivity index (χ1) is 9.56. The van der Waals surface area contributed by atoms with E-state index in [-0.39, 0.29) is 11.9 Å². The van der Waals surface area contributed by atoms with Crippen LogP contribution in [0.5, 0.6) is 0 Å². The van der Waals surface area contributed by atoms with Gasteiger partial charge in [0.05, 0.1) is 11.7 Å². The predicted molar refractivity (Wildman–Crippen MR) is 88.3 cm³/mol. The molecule has 0 saturated heterocycles. The second kappa shape index (κ2) is 6.81. The summed E-state index contributed by atoms with van der Waals surface area (Å²) in [6, 6.07) is 14.4. The van der Waals surface area contributed by atoms with Crippen LogP contribution in [-0.2, 0) is 0 Å². The SMILES string of the molecule is C[C@@H](NC(=S)Nc1ccccc1F)c1ccc(Br)cc1. The van der Waals surface area contributed by atoms with Crippen molar-refractivity contribution in [2.75, 3.05) is 5.32 Å². The number of hydrogen-bond acceptors (Lipinski definition) is 1. The highest BCUT2D eigenvalue weighted by Gasteiger charge is 2.08. The van der Waals surface area contributed by atoms with E-state index in [1.807, 2.05) is 31.2 Å². The van der Waals surface area contributed by atoms with Crippen molar-refractivity contribution in [3.63, 3.8) is 0 Å². The Morgan fingerprint density at radius 1 is 1.15 bits per heavy atom. The maximum absolute atomic E-state index is 13.5. The van der Waals surface area contributed by atoms with Crippen LogP contribution in [0.2, 0.25) is 0 Å². The van der Waals surface area contributed by atoms with Crippen LogP contribution in [0.3, 0.4) is 0 Å². The molecular formula is C15H14BrFN2S. The molecule has 0 radical (unpaired) electrons. The number of para-hydroxylation sites is 1. The summed E-state index contributed by atoms with van der Waals surface area (Å²) in [6.07, 6.45) is 0. The summed E-state index contributed by atoms with van der Waals surface area (Å²) in [5.41, 5.74) is 1.47. The molecule has 0 amide bonds. The molecule has 0 bridgehead atoms. The van der Waals surface area contributed by atoms with Crippen LogP contribution < -0.4 is 10.6 Å². The summed E-state index contributed by atoms with van der Waals surface area (Å²) in [4.78, 5) is 0. The maximum Gasteiger partial charge on any atom is 0.171 e. The van der Waals surface area contributed by atoms with Gasteiger partial charge in [-0.2, -0.15) is 0 Å². The van der Waals surface area contributed by atoms with E-state index in [4.69, 9.17) is 12.2 Å². The smallest absolute Gasteiger partial charge is 0.171 e. The van der Waals surface area contributed by atoms with Gasteiger partial charge in [-0.1, -0.05) is 40.2 Å². The van der Waals surface area contributed by atoms with Crippen molar-refractivity contribution >= 4 is 38.9 Å². The van der Waals surface area contributed by atoms with Gasteiger partial charge in [0.2, 0.25) is 0 Å². The standard InChI is InChI=1S/C15H14BrFN2S/c1-10(11-6-8-12(16)9-7-11)18-15(20)19-14-5-3-2-4-13(14)17/h2-10H,1H3,(H2,18,19,20)/t10-/m1/s1. The third kappa shape index (κ3) is 4.02. The Labute approximate surface area is 131 Å². The molecule has 0 fully saturated rings. The van der Waals surface area contributed by atoms with Crippen LogP contribution in [0, 0.1) is 5.82 Å². The zero-order valence-corrected chi connectivity index (χ0v) is 13.3. The Morgan fingerprint density at radius 3 is 2.45 bits per heavy atom. The minimum atomic E-state index is -0.326. The molecule has 0 aliphatic rings. The number of halogens is 2. The summed E-state index contributed by atoms with van der Waals surface area (Å²) >= 11 is 8.60. The van der Waals surface area contributed by atoms with Crippen molar-refractivity contribution < 1.29 is 4.39 Å². The Bertz CT molecular complexity index is 601. The van der Waals surface area contributed by atoms with Gasteiger partial charge in [0.25, 0.3) is 0 Å². The van der Waals surface area contributed by atoms with Crippen molar-refractivity contribution in [1.82, 2.24) is 5.32 Å². The lowest BCUT2D eigenvalue weighted by Gasteiger charge is -2.17. The largest absolute Gasteiger partial charge is 0.356 e. The van der Waals surface area contributed by atoms with Gasteiger partial charge in [-0.05, 0) is 49.0 Å². The van der Waals surface area contributed by atoms with E-state index in [0.29, 0.717) is 10.8 Å². The molecular weight excluding hydrogens is 339 g/mol. The number of nitrogens with one attached hydrogen (secondary N) is 2. The first-order valence-electron chi connectivity index (χ1n) is 6.14. The van der Waals surface area contributed by atoms with E-state index in [1.54, 1.807) is 18.2 Å². The fourth-order valence-electron chi connectivity index (χ4n) is 1.75. The van der Waals surface area contributed by atoms with Crippen LogP contribution in [0.1, 0.15) is 18.5 Å². The molecule has 104 valence electrons. The lowest BCUT2D eigenvalue weighted by Crippen LogP contribution is -2.31. The molecule has 1 atom stereocenters. The Balaban J connectivity index is 1.98. The molecule has 0 spiro atoms. The molecule has 0 aliphatic heterocycles. The number of thiocarbonyl (C=S) groups is 1. The summed E-state index contributed by atoms with van der Waals surface area (Å²) < 4.78 is 14.5. The molecule has 5 heteroatoms. The minimum Gasteiger partial charge on any atom is -0.356 e. The molecule has 2 N–H and O–H groups in total. The molecule has 2 aromatic rings. The van der Waals surface area contributed by atoms with Crippen molar-refractivity contribution in [1.29, 1.82) is 0 Å². The van der Waals surface area contributed by atoms with Crippen LogP contribution in [0.4, 0.5) is 10.1 Å². The average molecular weight is 353 g/mol. The van der Waals surface area contributed by atoms with E-state index in [9.17, 15) is 4.39 Å². The fraction of sp³-hybridized carbons (Fsp3) is 0.133. The monoisotopic (exact) mass is 352 g/mol. The molecule has 2 aromatic carbocycles. The predicted octanol–water partition coefficient (Wildman–Crippen LogP) is 4.64. The second-order valence-corrected chi connectivity index (χ2v) is 5.68. The van der Waals surface area contributed by atoms with Crippen LogP contribution in [-0.4, -0.2) is 5.11 Å². The first kappa shape index (κ1) is 14.9. The molecule has 0 heterocycles. The van der Waals surface area contributed by atoms with Gasteiger partial charge >= 0.3 is 0 Å². The second-order valence-electron chi connectivity index (χ2n) is 4.35. The van der Waals surface area contributed by atoms with E-state index in [2.05, 4.69) is 26.6 Å². The first-order valence-corrected chi connectivity index (χ1v) is 7.34. The molecule has 0 saturated carbocycles. The molecule has 0 aliphatic carbocycles. The lowest BCUT2D eigenvalue weighted by atomic mass is 10.1. The van der Waals surface area contributed by atoms with E-state index in [0.717, 1.165) is 10.0 Å². The third-order valence-electron chi connectivity index (χ3n) is 2.84. The maximum atomic E-state index is 13.5. The van der Waals surface area contributed by atoms with Crippen LogP contribution in [0.25, 0.3) is 0 Å². The van der Waals surface area contributed by atoms with Gasteiger partial charge < -0.3 is 10.6 Å². The number of anilines is 1. The van der Waals surface area contributed by atoms with Crippen LogP contribution >= 0.6 is 28.1 Å². The molecule has 0 aromatic heterocycles. The normalized spacial score (nSPS) is 11.8. The highest BCUT2D eigenvalue weighted by atomic mass is 79.9. The van der Waals surface area contributed by atoms with Crippen molar-refractivity contribution in [3.8, 4) is 0 Å². The Kier molecular flexibility index (Phi) is 5.09. The molecule has 2 nitrogen and oxygen atoms in total. The minimum absolute atomic E-state index is 0.0369. The van der Waals surface area contributed by atoms with Crippen molar-refractivity contribution in [2.24, 2.45) is 0 Å². The number of hydrogen-bond donors (Lipinski definition) is 2. The van der Waals surface area contributed by atoms with Gasteiger partial charge in [-0.3, -0.25) is 0 Å². The van der Waals surface area contributed by atoms with Crippen LogP contribution in [0.15, 0.2) is 53.0 Å². The summed E-state index contributed by atoms with van der Waals surface area (Å²) in [6.45, 7) is 2.00. The molecule has 0 unspecified atom stereocenters. The van der Waals surface area contributed by atoms with E-state index < -0.39 is 0 Å². The third-order valence-corrected chi connectivity index (χ3v) is 3.59. The average Bonchev–Trinajstić information content (AvgIpc) is 2.42. The summed E-state index contributed by atoms with van der Waals surface area (Å²) in [7, 11) is 0. The summed E-state index contributed by atoms with van der Waals surface area (Å²) in [5.74, 6) is -0.326. The quantitative estimate of drug-likeness (QED) is 0.787. The Hall–Kier alpha value is -1.46. The van der Waals surface area contributed by atoms with Gasteiger partial charge in [0.1, 0.15) is 5.82 Å². The van der Waals surface area contributed by atoms with Gasteiger partial charge in [-0.15, -0.1) is 0 Å². The topological polar surface area (TPSA) is 24.1 Å². The van der Waals surface area contributed by atoms with Crippen molar-refractivity contribution in [2.45, 2.75) is 13.0 Å². The molecule has 2 rings (SSSR count). The lowest BCUT2D eigenvalue weighted by molar-refractivity contribution is 0.631. The molecule has 20 heavy (non-hydrogen) atoms. The van der Waals surface area contributed by atoms with E-state index >= 15 is 0 Å². The van der Waals surface area contributed by atoms with Gasteiger partial charge in [-0.25, -0.2) is 4.39 Å². The fourth-order valence-corrected chi connectivity index (χ4v) is 2.30. The summed E-state index contributed by atoms with van der Waals surface area (Å²) in [5, 5.41) is 6.38. The van der Waals surface area contributed by atoms with Gasteiger partial charge in [0.15, 0.2) is 5.11 Å².